The Balaban J connectivity index is 1.84. The van der Waals surface area contributed by atoms with Gasteiger partial charge in [-0.05, 0) is 35.4 Å². The van der Waals surface area contributed by atoms with E-state index in [9.17, 15) is 14.4 Å². The number of halogens is 2. The third-order valence-corrected chi connectivity index (χ3v) is 3.79. The monoisotopic (exact) mass is 393 g/mol. The first-order valence-electron chi connectivity index (χ1n) is 7.25. The van der Waals surface area contributed by atoms with Crippen molar-refractivity contribution < 1.29 is 19.5 Å². The van der Waals surface area contributed by atoms with E-state index in [1.54, 1.807) is 12.1 Å². The first-order valence-corrected chi connectivity index (χ1v) is 8.01. The van der Waals surface area contributed by atoms with Gasteiger partial charge in [-0.3, -0.25) is 9.59 Å². The molecule has 0 aromatic heterocycles. The molecule has 2 rings (SSSR count). The fraction of sp³-hybridized carbons (Fsp3) is 0.0588. The Morgan fingerprint density at radius 1 is 1.04 bits per heavy atom. The van der Waals surface area contributed by atoms with Gasteiger partial charge < -0.3 is 10.4 Å². The van der Waals surface area contributed by atoms with Crippen molar-refractivity contribution in [3.63, 3.8) is 0 Å². The van der Waals surface area contributed by atoms with Crippen molar-refractivity contribution >= 4 is 47.2 Å². The predicted octanol–water partition coefficient (Wildman–Crippen LogP) is 2.46. The van der Waals surface area contributed by atoms with E-state index < -0.39 is 17.8 Å². The molecule has 2 aromatic rings. The van der Waals surface area contributed by atoms with Crippen LogP contribution in [-0.4, -0.2) is 29.1 Å². The van der Waals surface area contributed by atoms with Crippen LogP contribution in [0.4, 0.5) is 0 Å². The van der Waals surface area contributed by atoms with Gasteiger partial charge in [-0.1, -0.05) is 41.4 Å². The summed E-state index contributed by atoms with van der Waals surface area (Å²) in [5.41, 5.74) is 3.38. The molecular formula is C17H13Cl2N3O4. The maximum atomic E-state index is 11.7. The quantitative estimate of drug-likeness (QED) is 0.411. The molecule has 7 nitrogen and oxygen atoms in total. The van der Waals surface area contributed by atoms with Gasteiger partial charge in [0, 0.05) is 16.6 Å². The highest BCUT2D eigenvalue weighted by molar-refractivity contribution is 6.36. The van der Waals surface area contributed by atoms with Crippen LogP contribution in [0.25, 0.3) is 0 Å². The largest absolute Gasteiger partial charge is 0.478 e. The molecule has 3 N–H and O–H groups in total. The molecule has 2 amide bonds. The lowest BCUT2D eigenvalue weighted by Crippen LogP contribution is -2.37. The van der Waals surface area contributed by atoms with Gasteiger partial charge in [0.1, 0.15) is 0 Å². The van der Waals surface area contributed by atoms with Crippen LogP contribution in [0.3, 0.4) is 0 Å². The van der Waals surface area contributed by atoms with Crippen molar-refractivity contribution in [1.82, 2.24) is 10.7 Å². The van der Waals surface area contributed by atoms with Crippen LogP contribution in [0, 0.1) is 0 Å². The summed E-state index contributed by atoms with van der Waals surface area (Å²) in [5.74, 6) is -2.87. The number of carboxylic acids is 1. The van der Waals surface area contributed by atoms with E-state index in [0.717, 1.165) is 0 Å². The number of hydrogen-bond donors (Lipinski definition) is 3. The minimum absolute atomic E-state index is 0.0582. The molecule has 0 fully saturated rings. The standard InChI is InChI=1S/C17H13Cl2N3O4/c18-13-6-5-12(14(19)7-13)9-20-15(23)16(24)22-21-8-10-1-3-11(4-2-10)17(25)26/h1-8H,9H2,(H,20,23)(H,22,24)(H,25,26). The SMILES string of the molecule is O=C(NCc1ccc(Cl)cc1Cl)C(=O)NN=Cc1ccc(C(=O)O)cc1. The summed E-state index contributed by atoms with van der Waals surface area (Å²) < 4.78 is 0. The van der Waals surface area contributed by atoms with Crippen LogP contribution in [0.1, 0.15) is 21.5 Å². The number of hydrazone groups is 1. The average molecular weight is 394 g/mol. The zero-order chi connectivity index (χ0) is 19.1. The Labute approximate surface area is 158 Å². The zero-order valence-corrected chi connectivity index (χ0v) is 14.7. The second-order valence-corrected chi connectivity index (χ2v) is 5.89. The molecule has 2 aromatic carbocycles. The molecule has 134 valence electrons. The normalized spacial score (nSPS) is 10.5. The predicted molar refractivity (Wildman–Crippen MR) is 97.4 cm³/mol. The molecule has 0 saturated carbocycles. The van der Waals surface area contributed by atoms with Gasteiger partial charge in [0.05, 0.1) is 11.8 Å². The number of carbonyl (C=O) groups excluding carboxylic acids is 2. The molecule has 0 saturated heterocycles. The number of benzene rings is 2. The Hall–Kier alpha value is -2.90. The summed E-state index contributed by atoms with van der Waals surface area (Å²) >= 11 is 11.8. The van der Waals surface area contributed by atoms with E-state index in [0.29, 0.717) is 21.2 Å². The Morgan fingerprint density at radius 3 is 2.35 bits per heavy atom. The molecule has 9 heteroatoms. The minimum Gasteiger partial charge on any atom is -0.478 e. The lowest BCUT2D eigenvalue weighted by atomic mass is 10.1. The minimum atomic E-state index is -1.04. The molecule has 0 aliphatic heterocycles. The van der Waals surface area contributed by atoms with Gasteiger partial charge in [-0.2, -0.15) is 5.10 Å². The summed E-state index contributed by atoms with van der Waals surface area (Å²) in [6.45, 7) is 0.0582. The Kier molecular flexibility index (Phi) is 6.71. The van der Waals surface area contributed by atoms with Crippen molar-refractivity contribution in [2.75, 3.05) is 0 Å². The van der Waals surface area contributed by atoms with Crippen LogP contribution >= 0.6 is 23.2 Å². The van der Waals surface area contributed by atoms with E-state index in [2.05, 4.69) is 15.8 Å². The van der Waals surface area contributed by atoms with E-state index >= 15 is 0 Å². The zero-order valence-electron chi connectivity index (χ0n) is 13.2. The summed E-state index contributed by atoms with van der Waals surface area (Å²) in [7, 11) is 0. The maximum Gasteiger partial charge on any atom is 0.335 e. The van der Waals surface area contributed by atoms with Crippen molar-refractivity contribution in [3.05, 3.63) is 69.2 Å². The first-order chi connectivity index (χ1) is 12.4. The Bertz CT molecular complexity index is 867. The number of nitrogens with one attached hydrogen (secondary N) is 2. The van der Waals surface area contributed by atoms with Gasteiger partial charge in [-0.15, -0.1) is 0 Å². The summed E-state index contributed by atoms with van der Waals surface area (Å²) in [4.78, 5) is 34.1. The third-order valence-electron chi connectivity index (χ3n) is 3.20. The van der Waals surface area contributed by atoms with E-state index in [1.807, 2.05) is 0 Å². The smallest absolute Gasteiger partial charge is 0.335 e. The molecule has 0 heterocycles. The summed E-state index contributed by atoms with van der Waals surface area (Å²) in [6.07, 6.45) is 1.28. The van der Waals surface area contributed by atoms with Gasteiger partial charge in [-0.25, -0.2) is 10.2 Å². The van der Waals surface area contributed by atoms with Gasteiger partial charge >= 0.3 is 17.8 Å². The van der Waals surface area contributed by atoms with Crippen molar-refractivity contribution in [1.29, 1.82) is 0 Å². The number of rotatable bonds is 5. The molecule has 0 atom stereocenters. The van der Waals surface area contributed by atoms with Gasteiger partial charge in [0.25, 0.3) is 0 Å². The highest BCUT2D eigenvalue weighted by Gasteiger charge is 2.13. The summed E-state index contributed by atoms with van der Waals surface area (Å²) in [5, 5.41) is 15.7. The van der Waals surface area contributed by atoms with Gasteiger partial charge in [0.2, 0.25) is 0 Å². The highest BCUT2D eigenvalue weighted by Crippen LogP contribution is 2.20. The van der Waals surface area contributed by atoms with Crippen molar-refractivity contribution in [2.45, 2.75) is 6.54 Å². The van der Waals surface area contributed by atoms with Crippen LogP contribution in [0.15, 0.2) is 47.6 Å². The van der Waals surface area contributed by atoms with E-state index in [1.165, 1.54) is 36.5 Å². The second-order valence-electron chi connectivity index (χ2n) is 5.04. The molecule has 0 bridgehead atoms. The van der Waals surface area contributed by atoms with Crippen LogP contribution in [0.5, 0.6) is 0 Å². The first kappa shape index (κ1) is 19.4. The second kappa shape index (κ2) is 8.98. The highest BCUT2D eigenvalue weighted by atomic mass is 35.5. The van der Waals surface area contributed by atoms with E-state index in [4.69, 9.17) is 28.3 Å². The van der Waals surface area contributed by atoms with Crippen molar-refractivity contribution in [2.24, 2.45) is 5.10 Å². The number of hydrogen-bond acceptors (Lipinski definition) is 4. The topological polar surface area (TPSA) is 108 Å². The molecular weight excluding hydrogens is 381 g/mol. The van der Waals surface area contributed by atoms with Gasteiger partial charge in [0.15, 0.2) is 0 Å². The molecule has 0 aliphatic rings. The van der Waals surface area contributed by atoms with E-state index in [-0.39, 0.29) is 12.1 Å². The summed E-state index contributed by atoms with van der Waals surface area (Å²) in [6, 6.07) is 10.6. The fourth-order valence-corrected chi connectivity index (χ4v) is 2.32. The average Bonchev–Trinajstić information content (AvgIpc) is 2.61. The maximum absolute atomic E-state index is 11.7. The fourth-order valence-electron chi connectivity index (χ4n) is 1.85. The number of amides is 2. The lowest BCUT2D eigenvalue weighted by molar-refractivity contribution is -0.139. The molecule has 0 aliphatic carbocycles. The number of carboxylic acid groups (broad SMARTS) is 1. The number of carbonyl (C=O) groups is 3. The number of aromatic carboxylic acids is 1. The number of nitrogens with zero attached hydrogens (tertiary/aromatic N) is 1. The van der Waals surface area contributed by atoms with Crippen molar-refractivity contribution in [3.8, 4) is 0 Å². The molecule has 0 radical (unpaired) electrons. The lowest BCUT2D eigenvalue weighted by Gasteiger charge is -2.06. The van der Waals surface area contributed by atoms with Crippen LogP contribution in [0.2, 0.25) is 10.0 Å². The molecule has 0 spiro atoms. The molecule has 0 unspecified atom stereocenters. The third kappa shape index (κ3) is 5.58. The Morgan fingerprint density at radius 2 is 1.73 bits per heavy atom. The van der Waals surface area contributed by atoms with Crippen LogP contribution < -0.4 is 10.7 Å². The van der Waals surface area contributed by atoms with Crippen LogP contribution in [-0.2, 0) is 16.1 Å². The molecule has 26 heavy (non-hydrogen) atoms.